The zero-order chi connectivity index (χ0) is 23.1. The molecule has 1 atom stereocenters. The van der Waals surface area contributed by atoms with Crippen molar-refractivity contribution in [2.45, 2.75) is 64.8 Å². The molecule has 0 bridgehead atoms. The molecule has 1 amide bonds. The number of amides is 1. The van der Waals surface area contributed by atoms with Crippen LogP contribution in [0.2, 0.25) is 0 Å². The van der Waals surface area contributed by atoms with E-state index in [4.69, 9.17) is 9.57 Å². The summed E-state index contributed by atoms with van der Waals surface area (Å²) in [7, 11) is 0. The van der Waals surface area contributed by atoms with Crippen molar-refractivity contribution in [3.8, 4) is 0 Å². The largest absolute Gasteiger partial charge is 0.444 e. The molecule has 0 spiro atoms. The van der Waals surface area contributed by atoms with E-state index in [1.165, 1.54) is 6.21 Å². The van der Waals surface area contributed by atoms with Gasteiger partial charge in [0.2, 0.25) is 5.95 Å². The molecule has 1 saturated heterocycles. The monoisotopic (exact) mass is 445 g/mol. The Kier molecular flexibility index (Phi) is 8.46. The van der Waals surface area contributed by atoms with Gasteiger partial charge < -0.3 is 19.8 Å². The minimum absolute atomic E-state index is 0.318. The summed E-state index contributed by atoms with van der Waals surface area (Å²) in [6, 6.07) is -0.332. The van der Waals surface area contributed by atoms with Gasteiger partial charge in [-0.25, -0.2) is 14.8 Å². The van der Waals surface area contributed by atoms with Gasteiger partial charge in [-0.05, 0) is 52.9 Å². The molecule has 1 aromatic rings. The molecule has 0 aromatic carbocycles. The van der Waals surface area contributed by atoms with E-state index in [0.29, 0.717) is 31.6 Å². The van der Waals surface area contributed by atoms with Crippen LogP contribution in [0, 0.1) is 5.92 Å². The van der Waals surface area contributed by atoms with E-state index < -0.39 is 23.4 Å². The molecule has 2 heterocycles. The highest BCUT2D eigenvalue weighted by Gasteiger charge is 2.32. The number of hydrogen-bond acceptors (Lipinski definition) is 7. The zero-order valence-corrected chi connectivity index (χ0v) is 18.3. The second-order valence-corrected chi connectivity index (χ2v) is 8.51. The van der Waals surface area contributed by atoms with Gasteiger partial charge in [-0.15, -0.1) is 0 Å². The molecule has 1 aromatic heterocycles. The van der Waals surface area contributed by atoms with Crippen LogP contribution in [0.25, 0.3) is 0 Å². The van der Waals surface area contributed by atoms with Crippen molar-refractivity contribution < 1.29 is 27.5 Å². The Morgan fingerprint density at radius 1 is 1.29 bits per heavy atom. The summed E-state index contributed by atoms with van der Waals surface area (Å²) in [4.78, 5) is 26.5. The Morgan fingerprint density at radius 2 is 1.90 bits per heavy atom. The Bertz CT molecular complexity index is 727. The molecular formula is C20H30F3N5O3. The minimum atomic E-state index is -4.43. The van der Waals surface area contributed by atoms with E-state index in [1.54, 1.807) is 27.7 Å². The van der Waals surface area contributed by atoms with Gasteiger partial charge in [0, 0.05) is 25.5 Å². The lowest BCUT2D eigenvalue weighted by atomic mass is 9.94. The third-order valence-electron chi connectivity index (χ3n) is 4.58. The van der Waals surface area contributed by atoms with Crippen LogP contribution in [0.15, 0.2) is 17.5 Å². The molecule has 0 unspecified atom stereocenters. The van der Waals surface area contributed by atoms with Crippen LogP contribution in [0.1, 0.15) is 52.5 Å². The Morgan fingerprint density at radius 3 is 2.45 bits per heavy atom. The molecule has 0 radical (unpaired) electrons. The average molecular weight is 445 g/mol. The fourth-order valence-corrected chi connectivity index (χ4v) is 2.99. The Balaban J connectivity index is 1.64. The van der Waals surface area contributed by atoms with Gasteiger partial charge in [0.1, 0.15) is 12.2 Å². The van der Waals surface area contributed by atoms with Gasteiger partial charge in [0.25, 0.3) is 0 Å². The molecule has 1 aliphatic rings. The number of piperidine rings is 1. The van der Waals surface area contributed by atoms with E-state index in [9.17, 15) is 18.0 Å². The topological polar surface area (TPSA) is 88.9 Å². The number of rotatable bonds is 7. The fraction of sp³-hybridized carbons (Fsp3) is 0.700. The minimum Gasteiger partial charge on any atom is -0.444 e. The van der Waals surface area contributed by atoms with E-state index in [0.717, 1.165) is 31.7 Å². The van der Waals surface area contributed by atoms with E-state index in [2.05, 4.69) is 20.4 Å². The lowest BCUT2D eigenvalue weighted by Crippen LogP contribution is -2.38. The maximum absolute atomic E-state index is 12.6. The molecule has 1 aliphatic heterocycles. The van der Waals surface area contributed by atoms with E-state index >= 15 is 0 Å². The van der Waals surface area contributed by atoms with Crippen LogP contribution in [0.5, 0.6) is 0 Å². The highest BCUT2D eigenvalue weighted by atomic mass is 19.4. The first-order chi connectivity index (χ1) is 14.4. The maximum atomic E-state index is 12.6. The molecule has 8 nitrogen and oxygen atoms in total. The molecule has 174 valence electrons. The van der Waals surface area contributed by atoms with Crippen LogP contribution in [0.4, 0.5) is 23.9 Å². The van der Waals surface area contributed by atoms with Crippen molar-refractivity contribution >= 4 is 18.3 Å². The third-order valence-corrected chi connectivity index (χ3v) is 4.58. The summed E-state index contributed by atoms with van der Waals surface area (Å²) in [5, 5.41) is 6.52. The van der Waals surface area contributed by atoms with Gasteiger partial charge in [0.05, 0.1) is 17.8 Å². The number of halogens is 3. The molecule has 31 heavy (non-hydrogen) atoms. The predicted octanol–water partition coefficient (Wildman–Crippen LogP) is 4.02. The number of alkyl halides is 3. The third kappa shape index (κ3) is 8.97. The highest BCUT2D eigenvalue weighted by molar-refractivity contribution is 5.74. The maximum Gasteiger partial charge on any atom is 0.419 e. The van der Waals surface area contributed by atoms with Crippen molar-refractivity contribution in [3.05, 3.63) is 18.0 Å². The number of alkyl carbamates (subject to hydrolysis) is 1. The molecule has 0 aliphatic carbocycles. The van der Waals surface area contributed by atoms with Crippen LogP contribution < -0.4 is 10.2 Å². The summed E-state index contributed by atoms with van der Waals surface area (Å²) in [5.41, 5.74) is -1.41. The summed E-state index contributed by atoms with van der Waals surface area (Å²) < 4.78 is 43.0. The van der Waals surface area contributed by atoms with Gasteiger partial charge >= 0.3 is 12.3 Å². The molecule has 11 heteroatoms. The normalized spacial score (nSPS) is 16.9. The van der Waals surface area contributed by atoms with Crippen molar-refractivity contribution in [2.24, 2.45) is 11.1 Å². The molecule has 0 saturated carbocycles. The highest BCUT2D eigenvalue weighted by Crippen LogP contribution is 2.29. The van der Waals surface area contributed by atoms with Crippen molar-refractivity contribution in [3.63, 3.8) is 0 Å². The van der Waals surface area contributed by atoms with Crippen molar-refractivity contribution in [1.82, 2.24) is 15.3 Å². The second kappa shape index (κ2) is 10.6. The van der Waals surface area contributed by atoms with E-state index in [-0.39, 0.29) is 6.04 Å². The van der Waals surface area contributed by atoms with Crippen molar-refractivity contribution in [1.29, 1.82) is 0 Å². The lowest BCUT2D eigenvalue weighted by molar-refractivity contribution is -0.138. The number of ether oxygens (including phenoxy) is 1. The van der Waals surface area contributed by atoms with Crippen LogP contribution in [0.3, 0.4) is 0 Å². The van der Waals surface area contributed by atoms with Gasteiger partial charge in [0.15, 0.2) is 0 Å². The molecule has 1 N–H and O–H groups in total. The second-order valence-electron chi connectivity index (χ2n) is 8.51. The quantitative estimate of drug-likeness (QED) is 0.387. The summed E-state index contributed by atoms with van der Waals surface area (Å²) in [6.07, 6.45) is 0.731. The molecule has 2 rings (SSSR count). The van der Waals surface area contributed by atoms with Gasteiger partial charge in [-0.1, -0.05) is 5.16 Å². The smallest absolute Gasteiger partial charge is 0.419 e. The Labute approximate surface area is 180 Å². The van der Waals surface area contributed by atoms with Crippen LogP contribution >= 0.6 is 0 Å². The molecule has 1 fully saturated rings. The SMILES string of the molecule is C[C@@H](/C=N/OCCC1CCN(c2ncc(C(F)(F)F)cn2)CC1)NC(=O)OC(C)(C)C. The standard InChI is InChI=1S/C20H30F3N5O3/c1-14(27-18(29)31-19(2,3)4)11-26-30-10-7-15-5-8-28(9-6-15)17-24-12-16(13-25-17)20(21,22)23/h11-15H,5-10H2,1-4H3,(H,27,29)/b26-11+/t14-/m0/s1. The summed E-state index contributed by atoms with van der Waals surface area (Å²) in [6.45, 7) is 8.92. The fourth-order valence-electron chi connectivity index (χ4n) is 2.99. The predicted molar refractivity (Wildman–Crippen MR) is 110 cm³/mol. The number of nitrogens with zero attached hydrogens (tertiary/aromatic N) is 4. The first-order valence-electron chi connectivity index (χ1n) is 10.2. The van der Waals surface area contributed by atoms with Crippen LogP contribution in [-0.4, -0.2) is 53.6 Å². The number of carbonyl (C=O) groups is 1. The van der Waals surface area contributed by atoms with Crippen LogP contribution in [-0.2, 0) is 15.8 Å². The number of anilines is 1. The number of aromatic nitrogens is 2. The first kappa shape index (κ1) is 24.7. The number of carbonyl (C=O) groups excluding carboxylic acids is 1. The van der Waals surface area contributed by atoms with Gasteiger partial charge in [-0.3, -0.25) is 0 Å². The zero-order valence-electron chi connectivity index (χ0n) is 18.3. The number of hydrogen-bond donors (Lipinski definition) is 1. The first-order valence-corrected chi connectivity index (χ1v) is 10.2. The Hall–Kier alpha value is -2.59. The van der Waals surface area contributed by atoms with Crippen molar-refractivity contribution in [2.75, 3.05) is 24.6 Å². The summed E-state index contributed by atoms with van der Waals surface area (Å²) in [5.74, 6) is 0.747. The molecular weight excluding hydrogens is 415 g/mol. The average Bonchev–Trinajstić information content (AvgIpc) is 2.66. The van der Waals surface area contributed by atoms with E-state index in [1.807, 2.05) is 4.90 Å². The lowest BCUT2D eigenvalue weighted by Gasteiger charge is -2.31. The number of nitrogens with one attached hydrogen (secondary N) is 1. The number of oxime groups is 1. The van der Waals surface area contributed by atoms with Gasteiger partial charge in [-0.2, -0.15) is 13.2 Å². The summed E-state index contributed by atoms with van der Waals surface area (Å²) >= 11 is 0.